The third kappa shape index (κ3) is 3.30. The Labute approximate surface area is 192 Å². The van der Waals surface area contributed by atoms with E-state index in [1.54, 1.807) is 48.7 Å². The van der Waals surface area contributed by atoms with Crippen LogP contribution in [0.15, 0.2) is 102 Å². The molecule has 1 atom stereocenters. The number of fused-ring (bicyclic) bond motifs is 2. The molecule has 5 nitrogen and oxygen atoms in total. The molecule has 2 aromatic heterocycles. The first-order valence-electron chi connectivity index (χ1n) is 10.4. The molecule has 2 heterocycles. The Balaban J connectivity index is 1.89. The zero-order valence-electron chi connectivity index (χ0n) is 17.6. The van der Waals surface area contributed by atoms with E-state index in [0.717, 1.165) is 0 Å². The lowest BCUT2D eigenvalue weighted by atomic mass is 9.85. The number of para-hydroxylation sites is 2. The summed E-state index contributed by atoms with van der Waals surface area (Å²) in [5.41, 5.74) is 0.0439. The van der Waals surface area contributed by atoms with Crippen LogP contribution >= 0.6 is 0 Å². The van der Waals surface area contributed by atoms with Gasteiger partial charge in [-0.05, 0) is 36.4 Å². The van der Waals surface area contributed by atoms with Crippen molar-refractivity contribution in [2.75, 3.05) is 0 Å². The van der Waals surface area contributed by atoms with Gasteiger partial charge in [0.1, 0.15) is 5.60 Å². The molecule has 6 heteroatoms. The summed E-state index contributed by atoms with van der Waals surface area (Å²) in [6, 6.07) is 26.1. The van der Waals surface area contributed by atoms with E-state index < -0.39 is 15.6 Å². The van der Waals surface area contributed by atoms with Crippen molar-refractivity contribution >= 4 is 31.8 Å². The van der Waals surface area contributed by atoms with Crippen molar-refractivity contribution in [3.8, 4) is 12.3 Å². The van der Waals surface area contributed by atoms with Crippen LogP contribution in [-0.4, -0.2) is 22.5 Å². The van der Waals surface area contributed by atoms with Crippen LogP contribution in [0.25, 0.3) is 21.8 Å². The molecule has 0 spiro atoms. The molecular formula is C27H20N2O3S. The van der Waals surface area contributed by atoms with Gasteiger partial charge in [0.15, 0.2) is 0 Å². The number of hydrogen-bond donors (Lipinski definition) is 1. The largest absolute Gasteiger partial charge is 0.378 e. The Kier molecular flexibility index (Phi) is 5.01. The van der Waals surface area contributed by atoms with Gasteiger partial charge in [-0.3, -0.25) is 4.98 Å². The number of benzene rings is 3. The second-order valence-corrected chi connectivity index (χ2v) is 9.57. The summed E-state index contributed by atoms with van der Waals surface area (Å²) < 4.78 is 28.9. The van der Waals surface area contributed by atoms with E-state index in [1.807, 2.05) is 36.4 Å². The standard InChI is InChI=1S/C27H20N2O3S/c1-2-17-27(30,23-16-18-28-24-14-8-7-13-22(23)24)26-19-20-10-6-9-15-25(20)29(26)33(31,32)21-11-4-3-5-12-21/h1,3-16,18-19,30H,17H2. The van der Waals surface area contributed by atoms with Crippen LogP contribution in [0, 0.1) is 12.3 Å². The normalized spacial score (nSPS) is 13.6. The van der Waals surface area contributed by atoms with Gasteiger partial charge < -0.3 is 5.11 Å². The minimum Gasteiger partial charge on any atom is -0.378 e. The van der Waals surface area contributed by atoms with Crippen molar-refractivity contribution < 1.29 is 13.5 Å². The molecule has 0 aliphatic heterocycles. The van der Waals surface area contributed by atoms with Gasteiger partial charge >= 0.3 is 0 Å². The van der Waals surface area contributed by atoms with E-state index in [1.165, 1.54) is 16.1 Å². The van der Waals surface area contributed by atoms with E-state index in [2.05, 4.69) is 10.9 Å². The zero-order valence-corrected chi connectivity index (χ0v) is 18.4. The number of terminal acetylenes is 1. The summed E-state index contributed by atoms with van der Waals surface area (Å²) in [5, 5.41) is 13.6. The van der Waals surface area contributed by atoms with Crippen molar-refractivity contribution in [2.24, 2.45) is 0 Å². The van der Waals surface area contributed by atoms with Gasteiger partial charge in [-0.2, -0.15) is 0 Å². The Morgan fingerprint density at radius 1 is 0.939 bits per heavy atom. The first kappa shape index (κ1) is 21.0. The molecule has 0 saturated carbocycles. The SMILES string of the molecule is C#CCC(O)(c1ccnc2ccccc12)c1cc2ccccc2n1S(=O)(=O)c1ccccc1. The second kappa shape index (κ2) is 7.89. The summed E-state index contributed by atoms with van der Waals surface area (Å²) in [6.45, 7) is 0. The van der Waals surface area contributed by atoms with Crippen molar-refractivity contribution in [1.82, 2.24) is 8.96 Å². The smallest absolute Gasteiger partial charge is 0.268 e. The molecule has 1 unspecified atom stereocenters. The van der Waals surface area contributed by atoms with Crippen molar-refractivity contribution in [1.29, 1.82) is 0 Å². The average Bonchev–Trinajstić information content (AvgIpc) is 3.25. The molecule has 33 heavy (non-hydrogen) atoms. The maximum Gasteiger partial charge on any atom is 0.268 e. The number of pyridine rings is 1. The molecule has 0 aliphatic rings. The number of aliphatic hydroxyl groups is 1. The van der Waals surface area contributed by atoms with Crippen molar-refractivity contribution in [3.05, 3.63) is 108 Å². The Hall–Kier alpha value is -3.92. The molecular weight excluding hydrogens is 432 g/mol. The zero-order chi connectivity index (χ0) is 23.1. The fraction of sp³-hybridized carbons (Fsp3) is 0.0741. The average molecular weight is 453 g/mol. The maximum absolute atomic E-state index is 13.9. The highest BCUT2D eigenvalue weighted by atomic mass is 32.2. The Morgan fingerprint density at radius 3 is 2.42 bits per heavy atom. The van der Waals surface area contributed by atoms with Crippen LogP contribution in [0.2, 0.25) is 0 Å². The highest BCUT2D eigenvalue weighted by Gasteiger charge is 2.39. The van der Waals surface area contributed by atoms with Crippen LogP contribution in [0.1, 0.15) is 17.7 Å². The van der Waals surface area contributed by atoms with Crippen LogP contribution in [0.5, 0.6) is 0 Å². The van der Waals surface area contributed by atoms with Gasteiger partial charge in [-0.1, -0.05) is 54.6 Å². The molecule has 3 aromatic carbocycles. The summed E-state index contributed by atoms with van der Waals surface area (Å²) in [6.07, 6.45) is 7.19. The predicted octanol–water partition coefficient (Wildman–Crippen LogP) is 4.69. The third-order valence-electron chi connectivity index (χ3n) is 5.82. The van der Waals surface area contributed by atoms with Gasteiger partial charge in [0, 0.05) is 29.0 Å². The van der Waals surface area contributed by atoms with Gasteiger partial charge in [-0.15, -0.1) is 12.3 Å². The number of aromatic nitrogens is 2. The summed E-state index contributed by atoms with van der Waals surface area (Å²) in [5.74, 6) is 2.55. The van der Waals surface area contributed by atoms with Gasteiger partial charge in [0.05, 0.1) is 21.6 Å². The summed E-state index contributed by atoms with van der Waals surface area (Å²) in [4.78, 5) is 4.50. The van der Waals surface area contributed by atoms with Gasteiger partial charge in [-0.25, -0.2) is 12.4 Å². The molecule has 0 saturated heterocycles. The maximum atomic E-state index is 13.9. The van der Waals surface area contributed by atoms with Crippen LogP contribution in [-0.2, 0) is 15.6 Å². The first-order chi connectivity index (χ1) is 16.0. The van der Waals surface area contributed by atoms with Crippen molar-refractivity contribution in [2.45, 2.75) is 16.9 Å². The summed E-state index contributed by atoms with van der Waals surface area (Å²) in [7, 11) is -4.04. The molecule has 5 rings (SSSR count). The molecule has 162 valence electrons. The van der Waals surface area contributed by atoms with Crippen molar-refractivity contribution in [3.63, 3.8) is 0 Å². The minimum atomic E-state index is -4.04. The van der Waals surface area contributed by atoms with E-state index in [-0.39, 0.29) is 17.0 Å². The lowest BCUT2D eigenvalue weighted by Gasteiger charge is -2.29. The number of rotatable bonds is 5. The topological polar surface area (TPSA) is 72.2 Å². The molecule has 0 aliphatic carbocycles. The molecule has 5 aromatic rings. The molecule has 0 amide bonds. The molecule has 0 fully saturated rings. The number of nitrogens with zero attached hydrogens (tertiary/aromatic N) is 2. The quantitative estimate of drug-likeness (QED) is 0.393. The fourth-order valence-corrected chi connectivity index (χ4v) is 5.90. The highest BCUT2D eigenvalue weighted by Crippen LogP contribution is 2.40. The lowest BCUT2D eigenvalue weighted by Crippen LogP contribution is -2.32. The molecule has 1 N–H and O–H groups in total. The van der Waals surface area contributed by atoms with E-state index in [4.69, 9.17) is 6.42 Å². The predicted molar refractivity (Wildman–Crippen MR) is 129 cm³/mol. The van der Waals surface area contributed by atoms with Gasteiger partial charge in [0.25, 0.3) is 10.0 Å². The molecule has 0 bridgehead atoms. The number of hydrogen-bond acceptors (Lipinski definition) is 4. The highest BCUT2D eigenvalue weighted by molar-refractivity contribution is 7.90. The van der Waals surface area contributed by atoms with Gasteiger partial charge in [0.2, 0.25) is 0 Å². The Morgan fingerprint density at radius 2 is 1.64 bits per heavy atom. The van der Waals surface area contributed by atoms with E-state index in [9.17, 15) is 13.5 Å². The summed E-state index contributed by atoms with van der Waals surface area (Å²) >= 11 is 0. The van der Waals surface area contributed by atoms with E-state index in [0.29, 0.717) is 27.4 Å². The lowest BCUT2D eigenvalue weighted by molar-refractivity contribution is 0.0828. The monoisotopic (exact) mass is 452 g/mol. The van der Waals surface area contributed by atoms with Crippen LogP contribution < -0.4 is 0 Å². The van der Waals surface area contributed by atoms with E-state index >= 15 is 0 Å². The molecule has 0 radical (unpaired) electrons. The van der Waals surface area contributed by atoms with Crippen LogP contribution in [0.3, 0.4) is 0 Å². The third-order valence-corrected chi connectivity index (χ3v) is 7.57. The Bertz CT molecular complexity index is 1630. The minimum absolute atomic E-state index is 0.121. The second-order valence-electron chi connectivity index (χ2n) is 7.79. The van der Waals surface area contributed by atoms with Crippen LogP contribution in [0.4, 0.5) is 0 Å². The first-order valence-corrected chi connectivity index (χ1v) is 11.8. The fourth-order valence-electron chi connectivity index (χ4n) is 4.30.